The average molecular weight is 352 g/mol. The molecule has 2 rings (SSSR count). The first-order chi connectivity index (χ1) is 11.0. The normalized spacial score (nSPS) is 10.6. The summed E-state index contributed by atoms with van der Waals surface area (Å²) in [5.41, 5.74) is 2.05. The van der Waals surface area contributed by atoms with Gasteiger partial charge in [-0.2, -0.15) is 0 Å². The zero-order valence-corrected chi connectivity index (χ0v) is 14.8. The lowest BCUT2D eigenvalue weighted by Crippen LogP contribution is -2.13. The quantitative estimate of drug-likeness (QED) is 0.475. The van der Waals surface area contributed by atoms with E-state index in [2.05, 4.69) is 4.98 Å². The molecule has 0 atom stereocenters. The van der Waals surface area contributed by atoms with Gasteiger partial charge in [0, 0.05) is 16.3 Å². The minimum atomic E-state index is -0.472. The highest BCUT2D eigenvalue weighted by Gasteiger charge is 2.25. The number of ether oxygens (including phenoxy) is 1. The van der Waals surface area contributed by atoms with Gasteiger partial charge in [0.2, 0.25) is 0 Å². The van der Waals surface area contributed by atoms with Crippen molar-refractivity contribution < 1.29 is 14.3 Å². The first-order valence-electron chi connectivity index (χ1n) is 7.22. The van der Waals surface area contributed by atoms with E-state index in [0.717, 1.165) is 4.90 Å². The summed E-state index contributed by atoms with van der Waals surface area (Å²) >= 11 is 7.45. The Morgan fingerprint density at radius 3 is 2.48 bits per heavy atom. The number of thioether (sulfide) groups is 1. The van der Waals surface area contributed by atoms with Crippen molar-refractivity contribution in [1.82, 2.24) is 4.98 Å². The van der Waals surface area contributed by atoms with Crippen LogP contribution in [0, 0.1) is 13.8 Å². The van der Waals surface area contributed by atoms with Crippen LogP contribution in [0.3, 0.4) is 0 Å². The molecule has 0 amide bonds. The summed E-state index contributed by atoms with van der Waals surface area (Å²) in [6, 6.07) is 7.35. The predicted octanol–water partition coefficient (Wildman–Crippen LogP) is 4.44. The molecule has 1 aromatic carbocycles. The molecule has 1 aromatic heterocycles. The van der Waals surface area contributed by atoms with Gasteiger partial charge in [0.05, 0.1) is 28.5 Å². The van der Waals surface area contributed by atoms with Crippen LogP contribution in [0.2, 0.25) is 5.02 Å². The third-order valence-electron chi connectivity index (χ3n) is 3.33. The number of benzene rings is 1. The summed E-state index contributed by atoms with van der Waals surface area (Å²) < 4.78 is 5.06. The number of Topliss-reactive ketones (excluding diaryl/α,β-unsaturated/α-hetero) is 1. The SMILES string of the molecule is CCOC(=O)c1c(C)[nH]c(C)c1C(=O)CSc1ccccc1Cl. The molecule has 0 aliphatic carbocycles. The topological polar surface area (TPSA) is 59.2 Å². The molecule has 0 aliphatic heterocycles. The van der Waals surface area contributed by atoms with E-state index in [9.17, 15) is 9.59 Å². The van der Waals surface area contributed by atoms with E-state index in [-0.39, 0.29) is 18.1 Å². The number of carbonyl (C=O) groups excluding carboxylic acids is 2. The van der Waals surface area contributed by atoms with Crippen molar-refractivity contribution in [3.63, 3.8) is 0 Å². The molecule has 0 spiro atoms. The number of H-pyrrole nitrogens is 1. The maximum atomic E-state index is 12.6. The molecule has 6 heteroatoms. The second-order valence-corrected chi connectivity index (χ2v) is 6.41. The van der Waals surface area contributed by atoms with Crippen molar-refractivity contribution in [2.45, 2.75) is 25.7 Å². The van der Waals surface area contributed by atoms with E-state index < -0.39 is 5.97 Å². The van der Waals surface area contributed by atoms with Crippen LogP contribution >= 0.6 is 23.4 Å². The van der Waals surface area contributed by atoms with Crippen LogP contribution in [0.1, 0.15) is 39.0 Å². The van der Waals surface area contributed by atoms with E-state index in [4.69, 9.17) is 16.3 Å². The number of aromatic nitrogens is 1. The molecule has 122 valence electrons. The number of ketones is 1. The van der Waals surface area contributed by atoms with Crippen molar-refractivity contribution >= 4 is 35.1 Å². The molecule has 2 aromatic rings. The number of hydrogen-bond acceptors (Lipinski definition) is 4. The number of halogens is 1. The molecule has 4 nitrogen and oxygen atoms in total. The smallest absolute Gasteiger partial charge is 0.340 e. The molecule has 0 unspecified atom stereocenters. The second kappa shape index (κ2) is 7.70. The molecular weight excluding hydrogens is 334 g/mol. The Morgan fingerprint density at radius 1 is 1.17 bits per heavy atom. The molecule has 0 saturated carbocycles. The van der Waals surface area contributed by atoms with E-state index in [0.29, 0.717) is 27.5 Å². The Kier molecular flexibility index (Phi) is 5.91. The Labute approximate surface area is 144 Å². The van der Waals surface area contributed by atoms with Crippen LogP contribution in [-0.4, -0.2) is 29.1 Å². The Bertz CT molecular complexity index is 739. The zero-order valence-electron chi connectivity index (χ0n) is 13.2. The molecule has 1 N–H and O–H groups in total. The van der Waals surface area contributed by atoms with Crippen LogP contribution < -0.4 is 0 Å². The van der Waals surface area contributed by atoms with Crippen molar-refractivity contribution in [2.24, 2.45) is 0 Å². The molecule has 0 aliphatic rings. The highest BCUT2D eigenvalue weighted by molar-refractivity contribution is 8.00. The van der Waals surface area contributed by atoms with Crippen molar-refractivity contribution in [2.75, 3.05) is 12.4 Å². The van der Waals surface area contributed by atoms with Gasteiger partial charge in [-0.05, 0) is 32.9 Å². The Hall–Kier alpha value is -1.72. The molecule has 1 heterocycles. The predicted molar refractivity (Wildman–Crippen MR) is 92.7 cm³/mol. The molecule has 0 radical (unpaired) electrons. The summed E-state index contributed by atoms with van der Waals surface area (Å²) in [7, 11) is 0. The largest absolute Gasteiger partial charge is 0.462 e. The standard InChI is InChI=1S/C17H18ClNO3S/c1-4-22-17(21)16-11(3)19-10(2)15(16)13(20)9-23-14-8-6-5-7-12(14)18/h5-8,19H,4,9H2,1-3H3. The maximum Gasteiger partial charge on any atom is 0.340 e. The van der Waals surface area contributed by atoms with Crippen molar-refractivity contribution in [3.8, 4) is 0 Å². The van der Waals surface area contributed by atoms with E-state index >= 15 is 0 Å². The third kappa shape index (κ3) is 3.98. The minimum absolute atomic E-state index is 0.125. The lowest BCUT2D eigenvalue weighted by molar-refractivity contribution is 0.0522. The molecule has 0 fully saturated rings. The Balaban J connectivity index is 2.22. The van der Waals surface area contributed by atoms with Gasteiger partial charge >= 0.3 is 5.97 Å². The van der Waals surface area contributed by atoms with Crippen LogP contribution in [0.15, 0.2) is 29.2 Å². The number of aryl methyl sites for hydroxylation is 2. The van der Waals surface area contributed by atoms with Gasteiger partial charge in [-0.25, -0.2) is 4.79 Å². The number of esters is 1. The number of carbonyl (C=O) groups is 2. The van der Waals surface area contributed by atoms with Gasteiger partial charge in [-0.15, -0.1) is 11.8 Å². The lowest BCUT2D eigenvalue weighted by Gasteiger charge is -2.06. The van der Waals surface area contributed by atoms with Gasteiger partial charge in [0.1, 0.15) is 0 Å². The number of rotatable bonds is 6. The Morgan fingerprint density at radius 2 is 1.83 bits per heavy atom. The fraction of sp³-hybridized carbons (Fsp3) is 0.294. The first kappa shape index (κ1) is 17.6. The number of hydrogen-bond donors (Lipinski definition) is 1. The number of nitrogens with one attached hydrogen (secondary N) is 1. The first-order valence-corrected chi connectivity index (χ1v) is 8.58. The zero-order chi connectivity index (χ0) is 17.0. The fourth-order valence-electron chi connectivity index (χ4n) is 2.37. The van der Waals surface area contributed by atoms with Crippen LogP contribution in [0.5, 0.6) is 0 Å². The average Bonchev–Trinajstić information content (AvgIpc) is 2.81. The maximum absolute atomic E-state index is 12.6. The fourth-order valence-corrected chi connectivity index (χ4v) is 3.48. The van der Waals surface area contributed by atoms with Crippen LogP contribution in [0.4, 0.5) is 0 Å². The summed E-state index contributed by atoms with van der Waals surface area (Å²) in [6.45, 7) is 5.55. The lowest BCUT2D eigenvalue weighted by atomic mass is 10.1. The van der Waals surface area contributed by atoms with Crippen LogP contribution in [-0.2, 0) is 4.74 Å². The third-order valence-corrected chi connectivity index (χ3v) is 4.84. The molecule has 23 heavy (non-hydrogen) atoms. The van der Waals surface area contributed by atoms with E-state index in [1.165, 1.54) is 11.8 Å². The van der Waals surface area contributed by atoms with Gasteiger partial charge < -0.3 is 9.72 Å². The number of aromatic amines is 1. The molecular formula is C17H18ClNO3S. The highest BCUT2D eigenvalue weighted by atomic mass is 35.5. The van der Waals surface area contributed by atoms with Gasteiger partial charge in [-0.3, -0.25) is 4.79 Å². The van der Waals surface area contributed by atoms with Gasteiger partial charge in [0.15, 0.2) is 5.78 Å². The van der Waals surface area contributed by atoms with Crippen molar-refractivity contribution in [3.05, 3.63) is 51.8 Å². The van der Waals surface area contributed by atoms with Crippen LogP contribution in [0.25, 0.3) is 0 Å². The summed E-state index contributed by atoms with van der Waals surface area (Å²) in [6.07, 6.45) is 0. The van der Waals surface area contributed by atoms with Gasteiger partial charge in [0.25, 0.3) is 0 Å². The summed E-state index contributed by atoms with van der Waals surface area (Å²) in [4.78, 5) is 28.6. The monoisotopic (exact) mass is 351 g/mol. The second-order valence-electron chi connectivity index (χ2n) is 4.99. The molecule has 0 bridgehead atoms. The van der Waals surface area contributed by atoms with E-state index in [1.807, 2.05) is 18.2 Å². The van der Waals surface area contributed by atoms with Gasteiger partial charge in [-0.1, -0.05) is 23.7 Å². The molecule has 0 saturated heterocycles. The van der Waals surface area contributed by atoms with Crippen molar-refractivity contribution in [1.29, 1.82) is 0 Å². The highest BCUT2D eigenvalue weighted by Crippen LogP contribution is 2.28. The summed E-state index contributed by atoms with van der Waals surface area (Å²) in [5.74, 6) is -0.394. The van der Waals surface area contributed by atoms with E-state index in [1.54, 1.807) is 26.8 Å². The minimum Gasteiger partial charge on any atom is -0.462 e. The summed E-state index contributed by atoms with van der Waals surface area (Å²) in [5, 5.41) is 0.609.